The fourth-order valence-corrected chi connectivity index (χ4v) is 2.44. The van der Waals surface area contributed by atoms with Crippen LogP contribution in [0.5, 0.6) is 11.5 Å². The second-order valence-electron chi connectivity index (χ2n) is 5.20. The highest BCUT2D eigenvalue weighted by molar-refractivity contribution is 6.21. The Hall–Kier alpha value is -3.35. The number of ether oxygens (including phenoxy) is 2. The molecule has 0 fully saturated rings. The number of nitro groups is 1. The molecule has 0 aromatic heterocycles. The number of rotatable bonds is 6. The Kier molecular flexibility index (Phi) is 5.38. The number of nitro benzene ring substituents is 1. The lowest BCUT2D eigenvalue weighted by Crippen LogP contribution is -2.03. The third-order valence-corrected chi connectivity index (χ3v) is 3.70. The van der Waals surface area contributed by atoms with Crippen LogP contribution in [-0.2, 0) is 4.79 Å². The standard InChI is InChI=1S/C18H17NO6/c1-11-6-4-5-7-13(11)14(18(20)21)8-12-9-16(24-2)17(25-3)10-15(12)19(22)23/h4-10H,1-3H3,(H,20,21)/b14-8-. The van der Waals surface area contributed by atoms with Gasteiger partial charge in [-0.3, -0.25) is 10.1 Å². The molecule has 2 rings (SSSR count). The molecule has 25 heavy (non-hydrogen) atoms. The van der Waals surface area contributed by atoms with Gasteiger partial charge in [0.25, 0.3) is 5.69 Å². The third kappa shape index (κ3) is 3.77. The van der Waals surface area contributed by atoms with Crippen molar-refractivity contribution in [1.82, 2.24) is 0 Å². The van der Waals surface area contributed by atoms with E-state index in [1.807, 2.05) is 0 Å². The molecule has 7 heteroatoms. The molecule has 0 heterocycles. The van der Waals surface area contributed by atoms with Crippen LogP contribution in [0.1, 0.15) is 16.7 Å². The van der Waals surface area contributed by atoms with E-state index >= 15 is 0 Å². The Bertz CT molecular complexity index is 857. The van der Waals surface area contributed by atoms with Gasteiger partial charge in [0.05, 0.1) is 36.3 Å². The van der Waals surface area contributed by atoms with Gasteiger partial charge in [-0.2, -0.15) is 0 Å². The first-order valence-electron chi connectivity index (χ1n) is 7.30. The first-order chi connectivity index (χ1) is 11.9. The first-order valence-corrected chi connectivity index (χ1v) is 7.30. The zero-order valence-corrected chi connectivity index (χ0v) is 14.0. The number of aliphatic carboxylic acids is 1. The van der Waals surface area contributed by atoms with Crippen molar-refractivity contribution in [2.24, 2.45) is 0 Å². The van der Waals surface area contributed by atoms with Gasteiger partial charge in [0, 0.05) is 0 Å². The molecule has 0 atom stereocenters. The van der Waals surface area contributed by atoms with Crippen LogP contribution in [0.15, 0.2) is 36.4 Å². The molecular weight excluding hydrogens is 326 g/mol. The van der Waals surface area contributed by atoms with E-state index in [0.29, 0.717) is 5.56 Å². The Morgan fingerprint density at radius 2 is 1.76 bits per heavy atom. The summed E-state index contributed by atoms with van der Waals surface area (Å²) in [6, 6.07) is 9.52. The molecule has 0 saturated heterocycles. The zero-order valence-electron chi connectivity index (χ0n) is 14.0. The Labute approximate surface area is 144 Å². The molecule has 0 aliphatic heterocycles. The lowest BCUT2D eigenvalue weighted by Gasteiger charge is -2.10. The lowest BCUT2D eigenvalue weighted by atomic mass is 9.98. The summed E-state index contributed by atoms with van der Waals surface area (Å²) < 4.78 is 10.2. The first kappa shape index (κ1) is 18.0. The zero-order chi connectivity index (χ0) is 18.6. The second kappa shape index (κ2) is 7.48. The maximum absolute atomic E-state index is 11.7. The summed E-state index contributed by atoms with van der Waals surface area (Å²) in [6.45, 7) is 1.77. The fraction of sp³-hybridized carbons (Fsp3) is 0.167. The molecule has 0 radical (unpaired) electrons. The van der Waals surface area contributed by atoms with Crippen molar-refractivity contribution in [3.05, 3.63) is 63.2 Å². The SMILES string of the molecule is COc1cc(/C=C(\C(=O)O)c2ccccc2C)c([N+](=O)[O-])cc1OC. The van der Waals surface area contributed by atoms with Crippen LogP contribution in [0.3, 0.4) is 0 Å². The van der Waals surface area contributed by atoms with Gasteiger partial charge in [-0.1, -0.05) is 24.3 Å². The summed E-state index contributed by atoms with van der Waals surface area (Å²) in [5, 5.41) is 21.0. The quantitative estimate of drug-likeness (QED) is 0.373. The molecule has 0 unspecified atom stereocenters. The molecule has 0 aliphatic carbocycles. The normalized spacial score (nSPS) is 11.1. The third-order valence-electron chi connectivity index (χ3n) is 3.70. The molecule has 0 saturated carbocycles. The molecule has 0 spiro atoms. The van der Waals surface area contributed by atoms with Gasteiger partial charge in [-0.05, 0) is 30.2 Å². The van der Waals surface area contributed by atoms with Gasteiger partial charge in [0.2, 0.25) is 0 Å². The summed E-state index contributed by atoms with van der Waals surface area (Å²) in [5.74, 6) is -0.716. The van der Waals surface area contributed by atoms with Crippen molar-refractivity contribution < 1.29 is 24.3 Å². The maximum Gasteiger partial charge on any atom is 0.336 e. The summed E-state index contributed by atoms with van der Waals surface area (Å²) in [5.41, 5.74) is 1.03. The molecule has 0 aliphatic rings. The van der Waals surface area contributed by atoms with E-state index in [9.17, 15) is 20.0 Å². The molecule has 130 valence electrons. The summed E-state index contributed by atoms with van der Waals surface area (Å²) in [7, 11) is 2.77. The van der Waals surface area contributed by atoms with E-state index in [2.05, 4.69) is 0 Å². The Balaban J connectivity index is 2.73. The van der Waals surface area contributed by atoms with Crippen molar-refractivity contribution in [2.75, 3.05) is 14.2 Å². The van der Waals surface area contributed by atoms with E-state index in [1.54, 1.807) is 31.2 Å². The van der Waals surface area contributed by atoms with Crippen LogP contribution in [0.2, 0.25) is 0 Å². The Morgan fingerprint density at radius 3 is 2.28 bits per heavy atom. The topological polar surface area (TPSA) is 98.9 Å². The maximum atomic E-state index is 11.7. The highest BCUT2D eigenvalue weighted by Crippen LogP contribution is 2.36. The minimum atomic E-state index is -1.18. The smallest absolute Gasteiger partial charge is 0.336 e. The minimum Gasteiger partial charge on any atom is -0.493 e. The molecule has 0 bridgehead atoms. The predicted octanol–water partition coefficient (Wildman–Crippen LogP) is 3.55. The van der Waals surface area contributed by atoms with Gasteiger partial charge in [-0.25, -0.2) is 4.79 Å². The second-order valence-corrected chi connectivity index (χ2v) is 5.20. The van der Waals surface area contributed by atoms with E-state index in [1.165, 1.54) is 32.4 Å². The van der Waals surface area contributed by atoms with Crippen LogP contribution in [0.4, 0.5) is 5.69 Å². The van der Waals surface area contributed by atoms with E-state index in [-0.39, 0.29) is 28.3 Å². The number of carbonyl (C=O) groups is 1. The van der Waals surface area contributed by atoms with Crippen molar-refractivity contribution in [3.63, 3.8) is 0 Å². The molecule has 0 amide bonds. The van der Waals surface area contributed by atoms with Gasteiger partial charge in [0.15, 0.2) is 11.5 Å². The monoisotopic (exact) mass is 343 g/mol. The average molecular weight is 343 g/mol. The number of hydrogen-bond donors (Lipinski definition) is 1. The van der Waals surface area contributed by atoms with Gasteiger partial charge >= 0.3 is 5.97 Å². The average Bonchev–Trinajstić information content (AvgIpc) is 2.59. The van der Waals surface area contributed by atoms with Gasteiger partial charge < -0.3 is 14.6 Å². The van der Waals surface area contributed by atoms with E-state index in [0.717, 1.165) is 5.56 Å². The van der Waals surface area contributed by atoms with Crippen LogP contribution >= 0.6 is 0 Å². The van der Waals surface area contributed by atoms with Gasteiger partial charge in [-0.15, -0.1) is 0 Å². The Morgan fingerprint density at radius 1 is 1.16 bits per heavy atom. The molecule has 1 N–H and O–H groups in total. The van der Waals surface area contributed by atoms with E-state index in [4.69, 9.17) is 9.47 Å². The van der Waals surface area contributed by atoms with Crippen LogP contribution in [0.25, 0.3) is 11.6 Å². The largest absolute Gasteiger partial charge is 0.493 e. The fourth-order valence-electron chi connectivity index (χ4n) is 2.44. The van der Waals surface area contributed by atoms with Crippen LogP contribution in [-0.4, -0.2) is 30.2 Å². The summed E-state index contributed by atoms with van der Waals surface area (Å²) in [4.78, 5) is 22.5. The molecule has 2 aromatic carbocycles. The van der Waals surface area contributed by atoms with Gasteiger partial charge in [0.1, 0.15) is 0 Å². The van der Waals surface area contributed by atoms with Crippen molar-refractivity contribution >= 4 is 23.3 Å². The predicted molar refractivity (Wildman–Crippen MR) is 92.9 cm³/mol. The number of aryl methyl sites for hydroxylation is 1. The molecule has 2 aromatic rings. The van der Waals surface area contributed by atoms with Crippen molar-refractivity contribution in [1.29, 1.82) is 0 Å². The highest BCUT2D eigenvalue weighted by Gasteiger charge is 2.21. The van der Waals surface area contributed by atoms with Crippen LogP contribution in [0, 0.1) is 17.0 Å². The van der Waals surface area contributed by atoms with Crippen molar-refractivity contribution in [2.45, 2.75) is 6.92 Å². The van der Waals surface area contributed by atoms with E-state index < -0.39 is 10.9 Å². The number of methoxy groups -OCH3 is 2. The molecular formula is C18H17NO6. The number of carboxylic acids is 1. The highest BCUT2D eigenvalue weighted by atomic mass is 16.6. The number of benzene rings is 2. The van der Waals surface area contributed by atoms with Crippen molar-refractivity contribution in [3.8, 4) is 11.5 Å². The number of hydrogen-bond acceptors (Lipinski definition) is 5. The number of nitrogens with zero attached hydrogens (tertiary/aromatic N) is 1. The minimum absolute atomic E-state index is 0.0478. The summed E-state index contributed by atoms with van der Waals surface area (Å²) in [6.07, 6.45) is 1.27. The summed E-state index contributed by atoms with van der Waals surface area (Å²) >= 11 is 0. The lowest BCUT2D eigenvalue weighted by molar-refractivity contribution is -0.385. The molecule has 7 nitrogen and oxygen atoms in total. The number of carboxylic acid groups (broad SMARTS) is 1. The van der Waals surface area contributed by atoms with Crippen LogP contribution < -0.4 is 9.47 Å².